The Morgan fingerprint density at radius 2 is 2.11 bits per heavy atom. The van der Waals surface area contributed by atoms with Gasteiger partial charge >= 0.3 is 5.97 Å². The van der Waals surface area contributed by atoms with Crippen LogP contribution in [0.3, 0.4) is 0 Å². The molecule has 3 heterocycles. The minimum absolute atomic E-state index is 0.00890. The van der Waals surface area contributed by atoms with Gasteiger partial charge in [0, 0.05) is 31.9 Å². The average Bonchev–Trinajstić information content (AvgIpc) is 2.98. The monoisotopic (exact) mass is 401 g/mol. The topological polar surface area (TPSA) is 74.5 Å². The van der Waals surface area contributed by atoms with Gasteiger partial charge in [-0.1, -0.05) is 17.7 Å². The summed E-state index contributed by atoms with van der Waals surface area (Å²) in [6.07, 6.45) is 9.99. The van der Waals surface area contributed by atoms with E-state index in [0.29, 0.717) is 11.0 Å². The summed E-state index contributed by atoms with van der Waals surface area (Å²) < 4.78 is 1.97. The summed E-state index contributed by atoms with van der Waals surface area (Å²) in [7, 11) is 4.08. The molecule has 0 aromatic carbocycles. The zero-order chi connectivity index (χ0) is 20.0. The first-order chi connectivity index (χ1) is 13.4. The van der Waals surface area contributed by atoms with Crippen LogP contribution < -0.4 is 9.80 Å². The quantitative estimate of drug-likeness (QED) is 0.849. The Balaban J connectivity index is 1.72. The summed E-state index contributed by atoms with van der Waals surface area (Å²) in [5, 5.41) is 9.94. The highest BCUT2D eigenvalue weighted by Crippen LogP contribution is 2.41. The normalized spacial score (nSPS) is 20.6. The standard InChI is InChI=1S/C20H24ClN5O2/c1-12-4-6-17-19(24(12)2)15-8-14(5-7-16(15)26(17)11-18(27)28)25(3)20-22-9-13(21)10-23-20/h4,6,9-10,12,14H,5,7-8,11H2,1-3H3,(H,27,28). The van der Waals surface area contributed by atoms with E-state index >= 15 is 0 Å². The fraction of sp³-hybridized carbons (Fsp3) is 0.450. The molecule has 2 unspecified atom stereocenters. The van der Waals surface area contributed by atoms with Crippen LogP contribution in [0, 0.1) is 0 Å². The summed E-state index contributed by atoms with van der Waals surface area (Å²) in [5.74, 6) is -0.164. The predicted octanol–water partition coefficient (Wildman–Crippen LogP) is 2.86. The molecule has 28 heavy (non-hydrogen) atoms. The van der Waals surface area contributed by atoms with Crippen molar-refractivity contribution in [3.63, 3.8) is 0 Å². The average molecular weight is 402 g/mol. The van der Waals surface area contributed by atoms with E-state index in [-0.39, 0.29) is 18.6 Å². The molecule has 8 heteroatoms. The predicted molar refractivity (Wildman–Crippen MR) is 110 cm³/mol. The van der Waals surface area contributed by atoms with Crippen molar-refractivity contribution in [2.24, 2.45) is 0 Å². The van der Waals surface area contributed by atoms with Gasteiger partial charge in [0.25, 0.3) is 0 Å². The smallest absolute Gasteiger partial charge is 0.323 e. The molecule has 7 nitrogen and oxygen atoms in total. The maximum absolute atomic E-state index is 11.5. The second-order valence-corrected chi connectivity index (χ2v) is 7.99. The van der Waals surface area contributed by atoms with Crippen molar-refractivity contribution in [3.8, 4) is 0 Å². The van der Waals surface area contributed by atoms with Gasteiger partial charge in [-0.3, -0.25) is 4.79 Å². The van der Waals surface area contributed by atoms with Gasteiger partial charge in [-0.15, -0.1) is 0 Å². The fourth-order valence-electron chi connectivity index (χ4n) is 4.29. The number of carboxylic acids is 1. The molecule has 2 aromatic heterocycles. The van der Waals surface area contributed by atoms with E-state index < -0.39 is 5.97 Å². The summed E-state index contributed by atoms with van der Waals surface area (Å²) >= 11 is 5.92. The Kier molecular flexibility index (Phi) is 4.79. The first-order valence-corrected chi connectivity index (χ1v) is 9.82. The third-order valence-electron chi connectivity index (χ3n) is 5.91. The van der Waals surface area contributed by atoms with Crippen LogP contribution in [-0.4, -0.2) is 51.8 Å². The Morgan fingerprint density at radius 3 is 2.79 bits per heavy atom. The number of likely N-dealkylation sites (N-methyl/N-ethyl adjacent to an activating group) is 2. The van der Waals surface area contributed by atoms with Crippen LogP contribution >= 0.6 is 11.6 Å². The lowest BCUT2D eigenvalue weighted by atomic mass is 9.90. The van der Waals surface area contributed by atoms with Gasteiger partial charge in [0.1, 0.15) is 6.54 Å². The summed E-state index contributed by atoms with van der Waals surface area (Å²) in [5.41, 5.74) is 4.53. The SMILES string of the molecule is CC1C=Cc2c(c3c(n2CC(=O)O)CCC(N(C)c2ncc(Cl)cn2)C3)N1C. The maximum atomic E-state index is 11.5. The van der Waals surface area contributed by atoms with E-state index in [2.05, 4.69) is 45.9 Å². The molecule has 1 aliphatic carbocycles. The van der Waals surface area contributed by atoms with Gasteiger partial charge in [0.15, 0.2) is 0 Å². The minimum atomic E-state index is -0.816. The van der Waals surface area contributed by atoms with Crippen molar-refractivity contribution >= 4 is 35.3 Å². The second-order valence-electron chi connectivity index (χ2n) is 7.56. The van der Waals surface area contributed by atoms with Crippen molar-refractivity contribution in [2.45, 2.75) is 44.8 Å². The molecule has 0 amide bonds. The van der Waals surface area contributed by atoms with Crippen LogP contribution in [-0.2, 0) is 24.2 Å². The van der Waals surface area contributed by atoms with Crippen molar-refractivity contribution in [1.82, 2.24) is 14.5 Å². The number of aliphatic carboxylic acids is 1. The number of hydrogen-bond donors (Lipinski definition) is 1. The molecule has 0 saturated heterocycles. The molecule has 4 rings (SSSR count). The van der Waals surface area contributed by atoms with Gasteiger partial charge in [-0.25, -0.2) is 9.97 Å². The van der Waals surface area contributed by atoms with Crippen LogP contribution in [0.5, 0.6) is 0 Å². The Hall–Kier alpha value is -2.54. The molecule has 0 radical (unpaired) electrons. The number of fused-ring (bicyclic) bond motifs is 3. The van der Waals surface area contributed by atoms with Crippen molar-refractivity contribution in [3.05, 3.63) is 40.4 Å². The number of rotatable bonds is 4. The number of carboxylic acid groups (broad SMARTS) is 1. The lowest BCUT2D eigenvalue weighted by Crippen LogP contribution is -2.38. The number of halogens is 1. The van der Waals surface area contributed by atoms with Crippen molar-refractivity contribution in [2.75, 3.05) is 23.9 Å². The summed E-state index contributed by atoms with van der Waals surface area (Å²) in [6.45, 7) is 2.14. The number of nitrogens with zero attached hydrogens (tertiary/aromatic N) is 5. The van der Waals surface area contributed by atoms with Crippen LogP contribution in [0.1, 0.15) is 30.3 Å². The second kappa shape index (κ2) is 7.13. The van der Waals surface area contributed by atoms with E-state index in [0.717, 1.165) is 36.3 Å². The first kappa shape index (κ1) is 18.8. The number of anilines is 2. The summed E-state index contributed by atoms with van der Waals surface area (Å²) in [6, 6.07) is 0.517. The zero-order valence-corrected chi connectivity index (χ0v) is 17.0. The molecule has 2 aromatic rings. The molecular weight excluding hydrogens is 378 g/mol. The van der Waals surface area contributed by atoms with Gasteiger partial charge < -0.3 is 19.5 Å². The van der Waals surface area contributed by atoms with E-state index in [1.807, 2.05) is 11.6 Å². The van der Waals surface area contributed by atoms with E-state index in [1.165, 1.54) is 5.56 Å². The van der Waals surface area contributed by atoms with E-state index in [4.69, 9.17) is 11.6 Å². The molecule has 0 spiro atoms. The zero-order valence-electron chi connectivity index (χ0n) is 16.3. The number of hydrogen-bond acceptors (Lipinski definition) is 5. The lowest BCUT2D eigenvalue weighted by Gasteiger charge is -2.34. The highest BCUT2D eigenvalue weighted by atomic mass is 35.5. The molecule has 1 aliphatic heterocycles. The number of aromatic nitrogens is 3. The minimum Gasteiger partial charge on any atom is -0.480 e. The lowest BCUT2D eigenvalue weighted by molar-refractivity contribution is -0.137. The van der Waals surface area contributed by atoms with Gasteiger partial charge in [-0.05, 0) is 37.8 Å². The van der Waals surface area contributed by atoms with Crippen LogP contribution in [0.25, 0.3) is 6.08 Å². The molecule has 0 fully saturated rings. The molecule has 1 N–H and O–H groups in total. The molecule has 0 saturated carbocycles. The van der Waals surface area contributed by atoms with Crippen LogP contribution in [0.4, 0.5) is 11.6 Å². The third kappa shape index (κ3) is 3.13. The van der Waals surface area contributed by atoms with E-state index in [1.54, 1.807) is 12.4 Å². The molecule has 0 bridgehead atoms. The maximum Gasteiger partial charge on any atom is 0.323 e. The van der Waals surface area contributed by atoms with Gasteiger partial charge in [0.05, 0.1) is 28.8 Å². The third-order valence-corrected chi connectivity index (χ3v) is 6.10. The molecule has 148 valence electrons. The first-order valence-electron chi connectivity index (χ1n) is 9.44. The highest BCUT2D eigenvalue weighted by molar-refractivity contribution is 6.30. The highest BCUT2D eigenvalue weighted by Gasteiger charge is 2.34. The summed E-state index contributed by atoms with van der Waals surface area (Å²) in [4.78, 5) is 24.5. The Morgan fingerprint density at radius 1 is 1.39 bits per heavy atom. The van der Waals surface area contributed by atoms with Gasteiger partial charge in [0.2, 0.25) is 5.95 Å². The Bertz CT molecular complexity index is 937. The fourth-order valence-corrected chi connectivity index (χ4v) is 4.39. The molecule has 2 aliphatic rings. The van der Waals surface area contributed by atoms with Crippen molar-refractivity contribution < 1.29 is 9.90 Å². The number of carbonyl (C=O) groups is 1. The molecular formula is C20H24ClN5O2. The van der Waals surface area contributed by atoms with E-state index in [9.17, 15) is 9.90 Å². The van der Waals surface area contributed by atoms with Crippen LogP contribution in [0.15, 0.2) is 18.5 Å². The van der Waals surface area contributed by atoms with Crippen molar-refractivity contribution in [1.29, 1.82) is 0 Å². The van der Waals surface area contributed by atoms with Gasteiger partial charge in [-0.2, -0.15) is 0 Å². The largest absolute Gasteiger partial charge is 0.480 e. The Labute approximate surface area is 169 Å². The van der Waals surface area contributed by atoms with Crippen LogP contribution in [0.2, 0.25) is 5.02 Å². The molecule has 2 atom stereocenters.